The van der Waals surface area contributed by atoms with Gasteiger partial charge in [0.25, 0.3) is 0 Å². The lowest BCUT2D eigenvalue weighted by Gasteiger charge is -2.27. The summed E-state index contributed by atoms with van der Waals surface area (Å²) >= 11 is 0. The van der Waals surface area contributed by atoms with Crippen molar-refractivity contribution in [1.82, 2.24) is 4.90 Å². The van der Waals surface area contributed by atoms with Gasteiger partial charge < -0.3 is 14.7 Å². The van der Waals surface area contributed by atoms with Crippen LogP contribution in [0.15, 0.2) is 0 Å². The number of likely N-dealkylation sites (tertiary alicyclic amines) is 1. The summed E-state index contributed by atoms with van der Waals surface area (Å²) in [5, 5.41) is 9.17. The van der Waals surface area contributed by atoms with Crippen molar-refractivity contribution in [2.45, 2.75) is 45.6 Å². The van der Waals surface area contributed by atoms with Crippen LogP contribution >= 0.6 is 0 Å². The Morgan fingerprint density at radius 1 is 1.44 bits per heavy atom. The van der Waals surface area contributed by atoms with E-state index in [0.29, 0.717) is 6.54 Å². The molecule has 4 heteroatoms. The van der Waals surface area contributed by atoms with Gasteiger partial charge in [0.1, 0.15) is 5.60 Å². The summed E-state index contributed by atoms with van der Waals surface area (Å²) < 4.78 is 5.33. The number of amides is 1. The van der Waals surface area contributed by atoms with Crippen LogP contribution in [-0.4, -0.2) is 41.4 Å². The van der Waals surface area contributed by atoms with Crippen molar-refractivity contribution in [1.29, 1.82) is 0 Å². The summed E-state index contributed by atoms with van der Waals surface area (Å²) in [7, 11) is 0. The average molecular weight is 229 g/mol. The molecule has 1 heterocycles. The van der Waals surface area contributed by atoms with Crippen LogP contribution in [-0.2, 0) is 4.74 Å². The van der Waals surface area contributed by atoms with E-state index in [1.54, 1.807) is 4.90 Å². The Kier molecular flexibility index (Phi) is 4.59. The van der Waals surface area contributed by atoms with Gasteiger partial charge in [0, 0.05) is 19.7 Å². The molecule has 0 bridgehead atoms. The molecule has 94 valence electrons. The van der Waals surface area contributed by atoms with Crippen LogP contribution in [0, 0.1) is 5.92 Å². The second-order valence-electron chi connectivity index (χ2n) is 5.47. The lowest BCUT2D eigenvalue weighted by Crippen LogP contribution is -2.39. The van der Waals surface area contributed by atoms with Crippen LogP contribution in [0.2, 0.25) is 0 Å². The van der Waals surface area contributed by atoms with E-state index in [1.165, 1.54) is 0 Å². The fraction of sp³-hybridized carbons (Fsp3) is 0.917. The predicted molar refractivity (Wildman–Crippen MR) is 62.2 cm³/mol. The number of hydrogen-bond donors (Lipinski definition) is 1. The third kappa shape index (κ3) is 4.39. The molecule has 16 heavy (non-hydrogen) atoms. The standard InChI is InChI=1S/C12H23NO3/c1-12(2,3)16-11(15)13-7-5-4-6-10(8-13)9-14/h10,14H,4-9H2,1-3H3/t10-/m1/s1. The minimum atomic E-state index is -0.446. The molecular formula is C12H23NO3. The van der Waals surface area contributed by atoms with Crippen molar-refractivity contribution in [2.75, 3.05) is 19.7 Å². The van der Waals surface area contributed by atoms with Gasteiger partial charge in [-0.05, 0) is 39.5 Å². The molecule has 4 nitrogen and oxygen atoms in total. The SMILES string of the molecule is CC(C)(C)OC(=O)N1CCCC[C@@H](CO)C1. The maximum atomic E-state index is 11.9. The molecule has 1 aliphatic rings. The van der Waals surface area contributed by atoms with Crippen molar-refractivity contribution in [3.8, 4) is 0 Å². The molecule has 1 fully saturated rings. The second kappa shape index (κ2) is 5.53. The first-order valence-electron chi connectivity index (χ1n) is 6.01. The third-order valence-electron chi connectivity index (χ3n) is 2.68. The summed E-state index contributed by atoms with van der Waals surface area (Å²) in [6.07, 6.45) is 2.81. The zero-order valence-corrected chi connectivity index (χ0v) is 10.5. The monoisotopic (exact) mass is 229 g/mol. The largest absolute Gasteiger partial charge is 0.444 e. The van der Waals surface area contributed by atoms with Gasteiger partial charge in [-0.25, -0.2) is 4.79 Å². The highest BCUT2D eigenvalue weighted by Gasteiger charge is 2.25. The lowest BCUT2D eigenvalue weighted by atomic mass is 10.1. The molecule has 1 atom stereocenters. The second-order valence-corrected chi connectivity index (χ2v) is 5.47. The first-order valence-corrected chi connectivity index (χ1v) is 6.01. The van der Waals surface area contributed by atoms with Crippen molar-refractivity contribution < 1.29 is 14.6 Å². The van der Waals surface area contributed by atoms with E-state index in [1.807, 2.05) is 20.8 Å². The number of carbonyl (C=O) groups excluding carboxylic acids is 1. The van der Waals surface area contributed by atoms with Crippen LogP contribution in [0.4, 0.5) is 4.79 Å². The normalized spacial score (nSPS) is 22.8. The van der Waals surface area contributed by atoms with Gasteiger partial charge in [-0.2, -0.15) is 0 Å². The van der Waals surface area contributed by atoms with Gasteiger partial charge in [-0.15, -0.1) is 0 Å². The Morgan fingerprint density at radius 3 is 2.69 bits per heavy atom. The van der Waals surface area contributed by atoms with Gasteiger partial charge >= 0.3 is 6.09 Å². The topological polar surface area (TPSA) is 49.8 Å². The molecule has 0 unspecified atom stereocenters. The third-order valence-corrected chi connectivity index (χ3v) is 2.68. The number of ether oxygens (including phenoxy) is 1. The van der Waals surface area contributed by atoms with E-state index in [-0.39, 0.29) is 18.6 Å². The molecule has 0 aliphatic carbocycles. The number of rotatable bonds is 1. The molecule has 1 amide bonds. The highest BCUT2D eigenvalue weighted by Crippen LogP contribution is 2.18. The molecular weight excluding hydrogens is 206 g/mol. The van der Waals surface area contributed by atoms with E-state index in [0.717, 1.165) is 25.8 Å². The molecule has 0 aromatic carbocycles. The maximum absolute atomic E-state index is 11.9. The summed E-state index contributed by atoms with van der Waals surface area (Å²) in [5.41, 5.74) is -0.446. The van der Waals surface area contributed by atoms with Crippen LogP contribution in [0.3, 0.4) is 0 Å². The highest BCUT2D eigenvalue weighted by atomic mass is 16.6. The minimum absolute atomic E-state index is 0.152. The minimum Gasteiger partial charge on any atom is -0.444 e. The van der Waals surface area contributed by atoms with E-state index in [9.17, 15) is 4.79 Å². The average Bonchev–Trinajstić information content (AvgIpc) is 2.39. The molecule has 0 aromatic heterocycles. The number of carbonyl (C=O) groups is 1. The van der Waals surface area contributed by atoms with Crippen LogP contribution in [0.5, 0.6) is 0 Å². The van der Waals surface area contributed by atoms with Gasteiger partial charge in [0.2, 0.25) is 0 Å². The zero-order valence-electron chi connectivity index (χ0n) is 10.5. The quantitative estimate of drug-likeness (QED) is 0.748. The maximum Gasteiger partial charge on any atom is 0.410 e. The van der Waals surface area contributed by atoms with Crippen LogP contribution in [0.1, 0.15) is 40.0 Å². The van der Waals surface area contributed by atoms with Gasteiger partial charge in [-0.1, -0.05) is 6.42 Å². The number of aliphatic hydroxyl groups is 1. The Balaban J connectivity index is 2.53. The number of aliphatic hydroxyl groups excluding tert-OH is 1. The Labute approximate surface area is 97.6 Å². The van der Waals surface area contributed by atoms with Crippen LogP contribution < -0.4 is 0 Å². The lowest BCUT2D eigenvalue weighted by molar-refractivity contribution is 0.0218. The Morgan fingerprint density at radius 2 is 2.12 bits per heavy atom. The van der Waals surface area contributed by atoms with Crippen LogP contribution in [0.25, 0.3) is 0 Å². The summed E-state index contributed by atoms with van der Waals surface area (Å²) in [6, 6.07) is 0. The molecule has 0 spiro atoms. The van der Waals surface area contributed by atoms with Gasteiger partial charge in [-0.3, -0.25) is 0 Å². The van der Waals surface area contributed by atoms with Crippen molar-refractivity contribution in [3.63, 3.8) is 0 Å². The van der Waals surface area contributed by atoms with E-state index in [4.69, 9.17) is 9.84 Å². The molecule has 1 rings (SSSR count). The van der Waals surface area contributed by atoms with Crippen molar-refractivity contribution >= 4 is 6.09 Å². The van der Waals surface area contributed by atoms with Crippen molar-refractivity contribution in [2.24, 2.45) is 5.92 Å². The van der Waals surface area contributed by atoms with E-state index < -0.39 is 5.60 Å². The molecule has 1 saturated heterocycles. The first-order chi connectivity index (χ1) is 7.42. The smallest absolute Gasteiger partial charge is 0.410 e. The predicted octanol–water partition coefficient (Wildman–Crippen LogP) is 2.02. The fourth-order valence-electron chi connectivity index (χ4n) is 1.87. The zero-order chi connectivity index (χ0) is 12.2. The highest BCUT2D eigenvalue weighted by molar-refractivity contribution is 5.68. The Hall–Kier alpha value is -0.770. The summed E-state index contributed by atoms with van der Waals surface area (Å²) in [6.45, 7) is 7.11. The van der Waals surface area contributed by atoms with Gasteiger partial charge in [0.15, 0.2) is 0 Å². The number of hydrogen-bond acceptors (Lipinski definition) is 3. The number of nitrogens with zero attached hydrogens (tertiary/aromatic N) is 1. The van der Waals surface area contributed by atoms with Crippen molar-refractivity contribution in [3.05, 3.63) is 0 Å². The molecule has 1 aliphatic heterocycles. The summed E-state index contributed by atoms with van der Waals surface area (Å²) in [4.78, 5) is 13.6. The van der Waals surface area contributed by atoms with Gasteiger partial charge in [0.05, 0.1) is 0 Å². The first kappa shape index (κ1) is 13.3. The fourth-order valence-corrected chi connectivity index (χ4v) is 1.87. The molecule has 0 radical (unpaired) electrons. The molecule has 0 saturated carbocycles. The Bertz CT molecular complexity index is 235. The van der Waals surface area contributed by atoms with E-state index >= 15 is 0 Å². The van der Waals surface area contributed by atoms with E-state index in [2.05, 4.69) is 0 Å². The summed E-state index contributed by atoms with van der Waals surface area (Å²) in [5.74, 6) is 0.204. The molecule has 0 aromatic rings. The molecule has 1 N–H and O–H groups in total.